The molecule has 182 valence electrons. The summed E-state index contributed by atoms with van der Waals surface area (Å²) < 4.78 is 0. The number of nitrogens with zero attached hydrogens (tertiary/aromatic N) is 4. The molecule has 1 aliphatic rings. The van der Waals surface area contributed by atoms with Crippen LogP contribution in [0.2, 0.25) is 0 Å². The Hall–Kier alpha value is -4.14. The second kappa shape index (κ2) is 10.9. The molecule has 3 N–H and O–H groups in total. The third kappa shape index (κ3) is 6.47. The molecule has 1 fully saturated rings. The lowest BCUT2D eigenvalue weighted by molar-refractivity contribution is -0.120. The van der Waals surface area contributed by atoms with Crippen molar-refractivity contribution in [2.45, 2.75) is 19.8 Å². The van der Waals surface area contributed by atoms with Crippen LogP contribution in [0, 0.1) is 5.92 Å². The van der Waals surface area contributed by atoms with Gasteiger partial charge in [0, 0.05) is 62.8 Å². The second-order valence-corrected chi connectivity index (χ2v) is 8.86. The zero-order chi connectivity index (χ0) is 24.8. The first-order valence-corrected chi connectivity index (χ1v) is 11.7. The number of carbonyl (C=O) groups excluding carboxylic acids is 2. The zero-order valence-electron chi connectivity index (χ0n) is 20.3. The van der Waals surface area contributed by atoms with E-state index in [4.69, 9.17) is 0 Å². The number of rotatable bonds is 7. The molecule has 1 aliphatic heterocycles. The molecule has 2 heterocycles. The van der Waals surface area contributed by atoms with Crippen LogP contribution < -0.4 is 25.8 Å². The van der Waals surface area contributed by atoms with Gasteiger partial charge in [-0.25, -0.2) is 0 Å². The normalized spacial score (nSPS) is 13.7. The van der Waals surface area contributed by atoms with Crippen molar-refractivity contribution in [3.05, 3.63) is 60.7 Å². The largest absolute Gasteiger partial charge is 0.378 e. The third-order valence-corrected chi connectivity index (χ3v) is 5.95. The van der Waals surface area contributed by atoms with Crippen molar-refractivity contribution in [2.75, 3.05) is 52.9 Å². The minimum absolute atomic E-state index is 0.0162. The quantitative estimate of drug-likeness (QED) is 0.475. The lowest BCUT2D eigenvalue weighted by atomic mass is 9.96. The fourth-order valence-electron chi connectivity index (χ4n) is 4.03. The van der Waals surface area contributed by atoms with Crippen LogP contribution in [-0.2, 0) is 9.59 Å². The van der Waals surface area contributed by atoms with E-state index in [2.05, 4.69) is 37.1 Å². The Kier molecular flexibility index (Phi) is 7.45. The van der Waals surface area contributed by atoms with Crippen LogP contribution in [0.5, 0.6) is 0 Å². The van der Waals surface area contributed by atoms with Crippen molar-refractivity contribution >= 4 is 46.2 Å². The standard InChI is InChI=1S/C26H31N7O2/c1-18(34)27-20-7-9-21(10-8-20)29-26(35)19-13-15-33(16-14-19)25-12-11-24(30-31-25)28-22-5-4-6-23(17-22)32(2)3/h4-12,17,19H,13-16H2,1-3H3,(H,27,34)(H,28,30)(H,29,35). The number of carbonyl (C=O) groups is 2. The molecule has 0 unspecified atom stereocenters. The van der Waals surface area contributed by atoms with Gasteiger partial charge >= 0.3 is 0 Å². The summed E-state index contributed by atoms with van der Waals surface area (Å²) in [5, 5.41) is 17.7. The molecule has 35 heavy (non-hydrogen) atoms. The number of anilines is 6. The minimum Gasteiger partial charge on any atom is -0.378 e. The first-order valence-electron chi connectivity index (χ1n) is 11.7. The number of hydrogen-bond acceptors (Lipinski definition) is 7. The van der Waals surface area contributed by atoms with Gasteiger partial charge in [0.1, 0.15) is 0 Å². The maximum Gasteiger partial charge on any atom is 0.227 e. The molecule has 9 heteroatoms. The van der Waals surface area contributed by atoms with Crippen LogP contribution in [-0.4, -0.2) is 49.2 Å². The summed E-state index contributed by atoms with van der Waals surface area (Å²) in [6.07, 6.45) is 1.49. The molecule has 0 atom stereocenters. The summed E-state index contributed by atoms with van der Waals surface area (Å²) in [4.78, 5) is 28.1. The van der Waals surface area contributed by atoms with Crippen molar-refractivity contribution < 1.29 is 9.59 Å². The molecule has 0 radical (unpaired) electrons. The number of piperidine rings is 1. The van der Waals surface area contributed by atoms with E-state index in [-0.39, 0.29) is 17.7 Å². The van der Waals surface area contributed by atoms with Crippen LogP contribution in [0.1, 0.15) is 19.8 Å². The van der Waals surface area contributed by atoms with Gasteiger partial charge in [-0.1, -0.05) is 6.07 Å². The van der Waals surface area contributed by atoms with Gasteiger partial charge in [-0.05, 0) is 67.4 Å². The highest BCUT2D eigenvalue weighted by atomic mass is 16.2. The summed E-state index contributed by atoms with van der Waals surface area (Å²) in [5.74, 6) is 1.33. The maximum atomic E-state index is 12.7. The van der Waals surface area contributed by atoms with Gasteiger partial charge in [-0.15, -0.1) is 10.2 Å². The molecule has 2 aromatic carbocycles. The van der Waals surface area contributed by atoms with Gasteiger partial charge < -0.3 is 25.8 Å². The maximum absolute atomic E-state index is 12.7. The van der Waals surface area contributed by atoms with Crippen molar-refractivity contribution in [3.8, 4) is 0 Å². The van der Waals surface area contributed by atoms with E-state index in [9.17, 15) is 9.59 Å². The molecule has 0 saturated carbocycles. The van der Waals surface area contributed by atoms with Crippen LogP contribution >= 0.6 is 0 Å². The summed E-state index contributed by atoms with van der Waals surface area (Å²) >= 11 is 0. The highest BCUT2D eigenvalue weighted by molar-refractivity contribution is 5.93. The fraction of sp³-hybridized carbons (Fsp3) is 0.308. The summed E-state index contributed by atoms with van der Waals surface area (Å²) in [6, 6.07) is 19.1. The first kappa shape index (κ1) is 24.0. The highest BCUT2D eigenvalue weighted by Gasteiger charge is 2.26. The van der Waals surface area contributed by atoms with Gasteiger partial charge in [-0.2, -0.15) is 0 Å². The molecular formula is C26H31N7O2. The van der Waals surface area contributed by atoms with Gasteiger partial charge in [0.25, 0.3) is 0 Å². The van der Waals surface area contributed by atoms with Crippen LogP contribution in [0.25, 0.3) is 0 Å². The topological polar surface area (TPSA) is 102 Å². The lowest BCUT2D eigenvalue weighted by Crippen LogP contribution is -2.38. The van der Waals surface area contributed by atoms with Crippen molar-refractivity contribution in [2.24, 2.45) is 5.92 Å². The van der Waals surface area contributed by atoms with Gasteiger partial charge in [0.2, 0.25) is 11.8 Å². The van der Waals surface area contributed by atoms with Gasteiger partial charge in [0.05, 0.1) is 0 Å². The smallest absolute Gasteiger partial charge is 0.227 e. The van der Waals surface area contributed by atoms with Crippen LogP contribution in [0.4, 0.5) is 34.4 Å². The minimum atomic E-state index is -0.126. The Morgan fingerprint density at radius 3 is 2.17 bits per heavy atom. The average Bonchev–Trinajstić information content (AvgIpc) is 2.86. The Labute approximate surface area is 205 Å². The first-order chi connectivity index (χ1) is 16.9. The van der Waals surface area contributed by atoms with Crippen molar-refractivity contribution in [1.82, 2.24) is 10.2 Å². The summed E-state index contributed by atoms with van der Waals surface area (Å²) in [6.45, 7) is 2.95. The van der Waals surface area contributed by atoms with Crippen molar-refractivity contribution in [3.63, 3.8) is 0 Å². The monoisotopic (exact) mass is 473 g/mol. The average molecular weight is 474 g/mol. The third-order valence-electron chi connectivity index (χ3n) is 5.95. The summed E-state index contributed by atoms with van der Waals surface area (Å²) in [7, 11) is 4.01. The number of amides is 2. The van der Waals surface area contributed by atoms with Crippen molar-refractivity contribution in [1.29, 1.82) is 0 Å². The van der Waals surface area contributed by atoms with Crippen LogP contribution in [0.15, 0.2) is 60.7 Å². The van der Waals surface area contributed by atoms with E-state index in [0.717, 1.165) is 48.8 Å². The van der Waals surface area contributed by atoms with E-state index in [1.807, 2.05) is 49.3 Å². The Balaban J connectivity index is 1.28. The SMILES string of the molecule is CC(=O)Nc1ccc(NC(=O)C2CCN(c3ccc(Nc4cccc(N(C)C)c4)nn3)CC2)cc1. The highest BCUT2D eigenvalue weighted by Crippen LogP contribution is 2.25. The summed E-state index contributed by atoms with van der Waals surface area (Å²) in [5.41, 5.74) is 3.48. The lowest BCUT2D eigenvalue weighted by Gasteiger charge is -2.31. The number of benzene rings is 2. The molecule has 3 aromatic rings. The molecule has 1 aromatic heterocycles. The Morgan fingerprint density at radius 1 is 0.886 bits per heavy atom. The number of nitrogens with one attached hydrogen (secondary N) is 3. The predicted octanol–water partition coefficient (Wildman–Crippen LogP) is 4.10. The van der Waals surface area contributed by atoms with Gasteiger partial charge in [0.15, 0.2) is 11.6 Å². The van der Waals surface area contributed by atoms with E-state index in [1.54, 1.807) is 24.3 Å². The zero-order valence-corrected chi connectivity index (χ0v) is 20.3. The molecule has 0 bridgehead atoms. The van der Waals surface area contributed by atoms with Crippen LogP contribution in [0.3, 0.4) is 0 Å². The Bertz CT molecular complexity index is 1160. The molecular weight excluding hydrogens is 442 g/mol. The van der Waals surface area contributed by atoms with E-state index < -0.39 is 0 Å². The number of hydrogen-bond donors (Lipinski definition) is 3. The number of aromatic nitrogens is 2. The second-order valence-electron chi connectivity index (χ2n) is 8.86. The molecule has 1 saturated heterocycles. The van der Waals surface area contributed by atoms with Gasteiger partial charge in [-0.3, -0.25) is 9.59 Å². The fourth-order valence-corrected chi connectivity index (χ4v) is 4.03. The van der Waals surface area contributed by atoms with E-state index in [1.165, 1.54) is 6.92 Å². The molecule has 2 amide bonds. The molecule has 9 nitrogen and oxygen atoms in total. The van der Waals surface area contributed by atoms with E-state index in [0.29, 0.717) is 11.5 Å². The van der Waals surface area contributed by atoms with E-state index >= 15 is 0 Å². The predicted molar refractivity (Wildman–Crippen MR) is 140 cm³/mol. The molecule has 0 spiro atoms. The molecule has 0 aliphatic carbocycles. The molecule has 4 rings (SSSR count). The Morgan fingerprint density at radius 2 is 1.57 bits per heavy atom.